The van der Waals surface area contributed by atoms with Crippen LogP contribution < -0.4 is 0 Å². The van der Waals surface area contributed by atoms with Gasteiger partial charge >= 0.3 is 0 Å². The van der Waals surface area contributed by atoms with E-state index >= 15 is 0 Å². The van der Waals surface area contributed by atoms with E-state index in [2.05, 4.69) is 77.1 Å². The number of hydrogen-bond donors (Lipinski definition) is 0. The van der Waals surface area contributed by atoms with Crippen molar-refractivity contribution in [2.75, 3.05) is 13.1 Å². The van der Waals surface area contributed by atoms with E-state index in [4.69, 9.17) is 0 Å². The lowest BCUT2D eigenvalue weighted by Gasteiger charge is -2.33. The third kappa shape index (κ3) is 3.47. The summed E-state index contributed by atoms with van der Waals surface area (Å²) in [6.45, 7) is 7.80. The molecule has 2 heterocycles. The second kappa shape index (κ2) is 7.01. The van der Waals surface area contributed by atoms with Crippen LogP contribution in [0.15, 0.2) is 54.7 Å². The molecule has 130 valence electrons. The number of benzene rings is 2. The second-order valence-electron chi connectivity index (χ2n) is 7.58. The number of aromatic nitrogens is 2. The van der Waals surface area contributed by atoms with Gasteiger partial charge in [0, 0.05) is 18.5 Å². The van der Waals surface area contributed by atoms with Crippen LogP contribution in [0.1, 0.15) is 49.8 Å². The van der Waals surface area contributed by atoms with Crippen LogP contribution in [0.2, 0.25) is 0 Å². The fourth-order valence-electron chi connectivity index (χ4n) is 3.92. The standard InChI is InChI=1S/C22H27N3/c1-17(2)19-11-9-18(10-12-19)15-24-13-5-7-21(16-24)25-22-8-4-3-6-20(22)14-23-25/h3-4,6,8-12,14,17,21H,5,7,13,15-16H2,1-2H3/t21-/m1/s1. The number of rotatable bonds is 4. The van der Waals surface area contributed by atoms with E-state index in [1.54, 1.807) is 0 Å². The summed E-state index contributed by atoms with van der Waals surface area (Å²) in [6.07, 6.45) is 4.45. The summed E-state index contributed by atoms with van der Waals surface area (Å²) in [5, 5.41) is 5.92. The number of para-hydroxylation sites is 1. The van der Waals surface area contributed by atoms with Crippen LogP contribution in [0.5, 0.6) is 0 Å². The fraction of sp³-hybridized carbons (Fsp3) is 0.409. The minimum Gasteiger partial charge on any atom is -0.297 e. The molecule has 0 bridgehead atoms. The van der Waals surface area contributed by atoms with Gasteiger partial charge < -0.3 is 0 Å². The average Bonchev–Trinajstić information content (AvgIpc) is 3.06. The lowest BCUT2D eigenvalue weighted by atomic mass is 10.0. The molecule has 3 aromatic rings. The highest BCUT2D eigenvalue weighted by Crippen LogP contribution is 2.26. The molecule has 2 aromatic carbocycles. The molecule has 3 heteroatoms. The van der Waals surface area contributed by atoms with Crippen LogP contribution in [-0.2, 0) is 6.54 Å². The molecule has 1 aliphatic heterocycles. The number of hydrogen-bond acceptors (Lipinski definition) is 2. The van der Waals surface area contributed by atoms with E-state index < -0.39 is 0 Å². The molecule has 0 saturated carbocycles. The summed E-state index contributed by atoms with van der Waals surface area (Å²) in [6, 6.07) is 18.2. The van der Waals surface area contributed by atoms with Crippen LogP contribution in [0.3, 0.4) is 0 Å². The first kappa shape index (κ1) is 16.3. The smallest absolute Gasteiger partial charge is 0.0686 e. The van der Waals surface area contributed by atoms with Gasteiger partial charge in [0.05, 0.1) is 17.8 Å². The lowest BCUT2D eigenvalue weighted by molar-refractivity contribution is 0.165. The first-order valence-electron chi connectivity index (χ1n) is 9.44. The number of fused-ring (bicyclic) bond motifs is 1. The molecular formula is C22H27N3. The van der Waals surface area contributed by atoms with Crippen molar-refractivity contribution in [1.82, 2.24) is 14.7 Å². The maximum atomic E-state index is 4.68. The van der Waals surface area contributed by atoms with Gasteiger partial charge in [0.15, 0.2) is 0 Å². The Morgan fingerprint density at radius 1 is 1.08 bits per heavy atom. The maximum Gasteiger partial charge on any atom is 0.0686 e. The van der Waals surface area contributed by atoms with Gasteiger partial charge in [0.25, 0.3) is 0 Å². The molecule has 3 nitrogen and oxygen atoms in total. The zero-order valence-electron chi connectivity index (χ0n) is 15.2. The van der Waals surface area contributed by atoms with E-state index in [0.717, 1.165) is 13.1 Å². The number of piperidine rings is 1. The van der Waals surface area contributed by atoms with E-state index in [0.29, 0.717) is 12.0 Å². The van der Waals surface area contributed by atoms with Crippen molar-refractivity contribution in [3.05, 3.63) is 65.9 Å². The molecular weight excluding hydrogens is 306 g/mol. The molecule has 4 rings (SSSR count). The van der Waals surface area contributed by atoms with Crippen molar-refractivity contribution in [3.63, 3.8) is 0 Å². The molecule has 0 radical (unpaired) electrons. The topological polar surface area (TPSA) is 21.1 Å². The summed E-state index contributed by atoms with van der Waals surface area (Å²) in [5.74, 6) is 0.599. The highest BCUT2D eigenvalue weighted by Gasteiger charge is 2.23. The summed E-state index contributed by atoms with van der Waals surface area (Å²) in [5.41, 5.74) is 4.09. The van der Waals surface area contributed by atoms with E-state index in [1.807, 2.05) is 6.20 Å². The summed E-state index contributed by atoms with van der Waals surface area (Å²) in [4.78, 5) is 2.58. The molecule has 25 heavy (non-hydrogen) atoms. The molecule has 1 aromatic heterocycles. The van der Waals surface area contributed by atoms with Gasteiger partial charge in [-0.05, 0) is 42.5 Å². The summed E-state index contributed by atoms with van der Waals surface area (Å²) < 4.78 is 2.24. The minimum atomic E-state index is 0.476. The van der Waals surface area contributed by atoms with Crippen LogP contribution in [0, 0.1) is 0 Å². The predicted molar refractivity (Wildman–Crippen MR) is 104 cm³/mol. The zero-order chi connectivity index (χ0) is 17.2. The third-order valence-electron chi connectivity index (χ3n) is 5.38. The van der Waals surface area contributed by atoms with Gasteiger partial charge in [0.2, 0.25) is 0 Å². The first-order valence-corrected chi connectivity index (χ1v) is 9.44. The van der Waals surface area contributed by atoms with E-state index in [-0.39, 0.29) is 0 Å². The fourth-order valence-corrected chi connectivity index (χ4v) is 3.92. The average molecular weight is 333 g/mol. The van der Waals surface area contributed by atoms with Gasteiger partial charge in [-0.25, -0.2) is 0 Å². The molecule has 0 amide bonds. The monoisotopic (exact) mass is 333 g/mol. The Morgan fingerprint density at radius 2 is 1.88 bits per heavy atom. The Hall–Kier alpha value is -2.13. The third-order valence-corrected chi connectivity index (χ3v) is 5.38. The Morgan fingerprint density at radius 3 is 2.68 bits per heavy atom. The molecule has 1 saturated heterocycles. The Balaban J connectivity index is 1.47. The molecule has 1 aliphatic rings. The first-order chi connectivity index (χ1) is 12.2. The van der Waals surface area contributed by atoms with E-state index in [1.165, 1.54) is 41.4 Å². The van der Waals surface area contributed by atoms with Crippen molar-refractivity contribution in [2.45, 2.75) is 45.2 Å². The van der Waals surface area contributed by atoms with Crippen molar-refractivity contribution in [1.29, 1.82) is 0 Å². The second-order valence-corrected chi connectivity index (χ2v) is 7.58. The van der Waals surface area contributed by atoms with Gasteiger partial charge in [-0.2, -0.15) is 5.10 Å². The summed E-state index contributed by atoms with van der Waals surface area (Å²) in [7, 11) is 0. The van der Waals surface area contributed by atoms with Crippen molar-refractivity contribution in [3.8, 4) is 0 Å². The number of likely N-dealkylation sites (tertiary alicyclic amines) is 1. The van der Waals surface area contributed by atoms with Crippen molar-refractivity contribution >= 4 is 10.9 Å². The van der Waals surface area contributed by atoms with Crippen LogP contribution >= 0.6 is 0 Å². The Bertz CT molecular complexity index is 832. The predicted octanol–water partition coefficient (Wildman–Crippen LogP) is 5.00. The molecule has 0 N–H and O–H groups in total. The normalized spacial score (nSPS) is 18.9. The SMILES string of the molecule is CC(C)c1ccc(CN2CCC[C@@H](n3ncc4ccccc43)C2)cc1. The highest BCUT2D eigenvalue weighted by molar-refractivity contribution is 5.78. The van der Waals surface area contributed by atoms with Gasteiger partial charge in [-0.15, -0.1) is 0 Å². The summed E-state index contributed by atoms with van der Waals surface area (Å²) >= 11 is 0. The zero-order valence-corrected chi connectivity index (χ0v) is 15.2. The molecule has 0 unspecified atom stereocenters. The minimum absolute atomic E-state index is 0.476. The molecule has 1 atom stereocenters. The van der Waals surface area contributed by atoms with E-state index in [9.17, 15) is 0 Å². The van der Waals surface area contributed by atoms with Crippen molar-refractivity contribution in [2.24, 2.45) is 0 Å². The quantitative estimate of drug-likeness (QED) is 0.670. The Labute approximate surface area is 150 Å². The number of nitrogens with zero attached hydrogens (tertiary/aromatic N) is 3. The molecule has 0 spiro atoms. The van der Waals surface area contributed by atoms with Gasteiger partial charge in [-0.1, -0.05) is 56.3 Å². The lowest BCUT2D eigenvalue weighted by Crippen LogP contribution is -2.36. The van der Waals surface area contributed by atoms with Crippen molar-refractivity contribution < 1.29 is 0 Å². The maximum absolute atomic E-state index is 4.68. The van der Waals surface area contributed by atoms with Gasteiger partial charge in [0.1, 0.15) is 0 Å². The molecule has 1 fully saturated rings. The van der Waals surface area contributed by atoms with Gasteiger partial charge in [-0.3, -0.25) is 9.58 Å². The highest BCUT2D eigenvalue weighted by atomic mass is 15.3. The molecule has 0 aliphatic carbocycles. The van der Waals surface area contributed by atoms with Crippen LogP contribution in [-0.4, -0.2) is 27.8 Å². The van der Waals surface area contributed by atoms with Crippen LogP contribution in [0.4, 0.5) is 0 Å². The Kier molecular flexibility index (Phi) is 4.58. The largest absolute Gasteiger partial charge is 0.297 e. The van der Waals surface area contributed by atoms with Crippen LogP contribution in [0.25, 0.3) is 10.9 Å².